The van der Waals surface area contributed by atoms with Gasteiger partial charge in [-0.1, -0.05) is 95.3 Å². The molecule has 7 aromatic rings. The zero-order valence-corrected chi connectivity index (χ0v) is 35.3. The quantitative estimate of drug-likeness (QED) is 0.108. The van der Waals surface area contributed by atoms with Gasteiger partial charge < -0.3 is 9.30 Å². The molecule has 0 N–H and O–H groups in total. The standard InChI is InChI=1S/C48H52N4O.Pt/c1-9-12-17-35-22-23-49-46(26-35)51-43-19-14-13-18-40(43)41-21-20-38(30-45(41)51)53-39-28-36(31(4)5)27-37(29-39)52-44(16-11-3)48(42(50-52)15-10-2)47-33(7)24-32(6)25-34(47)8;/h13-14,18-28,31H,9-12,15-17H2,1-8H3;/q-2;+2. The van der Waals surface area contributed by atoms with Crippen LogP contribution < -0.4 is 4.74 Å². The fourth-order valence-corrected chi connectivity index (χ4v) is 7.91. The summed E-state index contributed by atoms with van der Waals surface area (Å²) in [4.78, 5) is 4.85. The Morgan fingerprint density at radius 2 is 1.50 bits per heavy atom. The van der Waals surface area contributed by atoms with Gasteiger partial charge in [0.15, 0.2) is 0 Å². The molecule has 0 atom stereocenters. The van der Waals surface area contributed by atoms with Crippen molar-refractivity contribution in [2.75, 3.05) is 0 Å². The molecule has 5 nitrogen and oxygen atoms in total. The van der Waals surface area contributed by atoms with Crippen LogP contribution in [0.25, 0.3) is 44.4 Å². The zero-order valence-electron chi connectivity index (χ0n) is 33.0. The number of ether oxygens (including phenoxy) is 1. The molecule has 0 bridgehead atoms. The van der Waals surface area contributed by atoms with Crippen LogP contribution in [-0.4, -0.2) is 19.3 Å². The van der Waals surface area contributed by atoms with E-state index in [0.717, 1.165) is 78.6 Å². The average molecular weight is 896 g/mol. The maximum absolute atomic E-state index is 6.74. The number of unbranched alkanes of at least 4 members (excludes halogenated alkanes) is 1. The fourth-order valence-electron chi connectivity index (χ4n) is 7.91. The summed E-state index contributed by atoms with van der Waals surface area (Å²) >= 11 is 0. The summed E-state index contributed by atoms with van der Waals surface area (Å²) in [6.07, 6.45) is 9.14. The Morgan fingerprint density at radius 1 is 0.741 bits per heavy atom. The molecule has 54 heavy (non-hydrogen) atoms. The first-order valence-electron chi connectivity index (χ1n) is 19.6. The molecule has 0 fully saturated rings. The molecule has 3 aromatic heterocycles. The molecular formula is C48H52N4OPt. The van der Waals surface area contributed by atoms with E-state index < -0.39 is 0 Å². The summed E-state index contributed by atoms with van der Waals surface area (Å²) in [6, 6.07) is 33.3. The van der Waals surface area contributed by atoms with E-state index in [2.05, 4.69) is 144 Å². The molecule has 280 valence electrons. The maximum atomic E-state index is 6.74. The van der Waals surface area contributed by atoms with Gasteiger partial charge in [-0.15, -0.1) is 41.3 Å². The second-order valence-electron chi connectivity index (χ2n) is 14.9. The van der Waals surface area contributed by atoms with E-state index in [1.807, 2.05) is 12.3 Å². The Kier molecular flexibility index (Phi) is 12.3. The third kappa shape index (κ3) is 7.71. The van der Waals surface area contributed by atoms with Gasteiger partial charge in [-0.3, -0.25) is 4.68 Å². The van der Waals surface area contributed by atoms with Crippen molar-refractivity contribution in [2.45, 2.75) is 106 Å². The Bertz CT molecular complexity index is 2390. The predicted molar refractivity (Wildman–Crippen MR) is 220 cm³/mol. The van der Waals surface area contributed by atoms with Crippen LogP contribution in [0.3, 0.4) is 0 Å². The second kappa shape index (κ2) is 16.9. The number of para-hydroxylation sites is 1. The van der Waals surface area contributed by atoms with Crippen LogP contribution in [0.1, 0.15) is 105 Å². The Labute approximate surface area is 336 Å². The monoisotopic (exact) mass is 895 g/mol. The Hall–Kier alpha value is -4.47. The van der Waals surface area contributed by atoms with Crippen molar-refractivity contribution < 1.29 is 25.8 Å². The van der Waals surface area contributed by atoms with Gasteiger partial charge in [0.05, 0.1) is 5.69 Å². The van der Waals surface area contributed by atoms with E-state index in [-0.39, 0.29) is 27.0 Å². The van der Waals surface area contributed by atoms with Crippen LogP contribution in [0.15, 0.2) is 79.0 Å². The molecule has 3 heterocycles. The molecule has 0 saturated heterocycles. The first kappa shape index (κ1) is 39.2. The van der Waals surface area contributed by atoms with Gasteiger partial charge in [0, 0.05) is 34.5 Å². The smallest absolute Gasteiger partial charge is 0.509 e. The molecule has 0 unspecified atom stereocenters. The third-order valence-corrected chi connectivity index (χ3v) is 10.3. The molecule has 4 aromatic carbocycles. The molecule has 0 aliphatic heterocycles. The Morgan fingerprint density at radius 3 is 2.22 bits per heavy atom. The average Bonchev–Trinajstić information content (AvgIpc) is 3.65. The van der Waals surface area contributed by atoms with Gasteiger partial charge in [0.2, 0.25) is 0 Å². The van der Waals surface area contributed by atoms with Gasteiger partial charge in [0.1, 0.15) is 5.82 Å². The number of nitrogens with zero attached hydrogens (tertiary/aromatic N) is 4. The van der Waals surface area contributed by atoms with Gasteiger partial charge >= 0.3 is 21.1 Å². The van der Waals surface area contributed by atoms with Crippen molar-refractivity contribution in [1.82, 2.24) is 19.3 Å². The van der Waals surface area contributed by atoms with E-state index in [1.165, 1.54) is 50.0 Å². The molecular weight excluding hydrogens is 844 g/mol. The molecule has 0 spiro atoms. The van der Waals surface area contributed by atoms with Crippen molar-refractivity contribution in [1.29, 1.82) is 0 Å². The first-order valence-corrected chi connectivity index (χ1v) is 19.6. The molecule has 0 aliphatic rings. The summed E-state index contributed by atoms with van der Waals surface area (Å²) in [5.41, 5.74) is 14.3. The van der Waals surface area contributed by atoms with Gasteiger partial charge in [-0.2, -0.15) is 11.2 Å². The molecule has 0 saturated carbocycles. The minimum absolute atomic E-state index is 0. The molecule has 7 rings (SSSR count). The number of aromatic nitrogens is 4. The molecule has 0 aliphatic carbocycles. The van der Waals surface area contributed by atoms with Crippen molar-refractivity contribution >= 4 is 21.8 Å². The Balaban J connectivity index is 0.00000497. The second-order valence-corrected chi connectivity index (χ2v) is 14.9. The van der Waals surface area contributed by atoms with E-state index in [9.17, 15) is 0 Å². The van der Waals surface area contributed by atoms with Crippen molar-refractivity contribution in [2.24, 2.45) is 0 Å². The minimum Gasteiger partial charge on any atom is -0.509 e. The van der Waals surface area contributed by atoms with Crippen molar-refractivity contribution in [3.63, 3.8) is 0 Å². The zero-order chi connectivity index (χ0) is 37.2. The molecule has 6 heteroatoms. The normalized spacial score (nSPS) is 11.5. The van der Waals surface area contributed by atoms with E-state index in [0.29, 0.717) is 11.5 Å². The fraction of sp³-hybridized carbons (Fsp3) is 0.333. The summed E-state index contributed by atoms with van der Waals surface area (Å²) in [5, 5.41) is 7.65. The van der Waals surface area contributed by atoms with Gasteiger partial charge in [0.25, 0.3) is 0 Å². The largest absolute Gasteiger partial charge is 2.00 e. The number of fused-ring (bicyclic) bond motifs is 3. The van der Waals surface area contributed by atoms with E-state index in [1.54, 1.807) is 0 Å². The summed E-state index contributed by atoms with van der Waals surface area (Å²) in [5.74, 6) is 2.48. The summed E-state index contributed by atoms with van der Waals surface area (Å²) in [7, 11) is 0. The van der Waals surface area contributed by atoms with Crippen LogP contribution in [0, 0.1) is 32.9 Å². The minimum atomic E-state index is 0. The number of hydrogen-bond acceptors (Lipinski definition) is 3. The molecule has 0 radical (unpaired) electrons. The van der Waals surface area contributed by atoms with Crippen LogP contribution >= 0.6 is 0 Å². The van der Waals surface area contributed by atoms with E-state index >= 15 is 0 Å². The van der Waals surface area contributed by atoms with Crippen LogP contribution in [-0.2, 0) is 40.3 Å². The van der Waals surface area contributed by atoms with Crippen LogP contribution in [0.4, 0.5) is 0 Å². The third-order valence-electron chi connectivity index (χ3n) is 10.3. The topological polar surface area (TPSA) is 44.9 Å². The van der Waals surface area contributed by atoms with Crippen LogP contribution in [0.5, 0.6) is 11.5 Å². The predicted octanol–water partition coefficient (Wildman–Crippen LogP) is 12.7. The summed E-state index contributed by atoms with van der Waals surface area (Å²) < 4.78 is 11.1. The van der Waals surface area contributed by atoms with Crippen molar-refractivity contribution in [3.8, 4) is 34.1 Å². The number of aryl methyl sites for hydroxylation is 5. The number of hydrogen-bond donors (Lipinski definition) is 0. The summed E-state index contributed by atoms with van der Waals surface area (Å²) in [6.45, 7) is 17.8. The number of rotatable bonds is 13. The van der Waals surface area contributed by atoms with Crippen LogP contribution in [0.2, 0.25) is 0 Å². The first-order chi connectivity index (χ1) is 25.7. The number of pyridine rings is 1. The maximum Gasteiger partial charge on any atom is 2.00 e. The van der Waals surface area contributed by atoms with E-state index in [4.69, 9.17) is 14.8 Å². The number of benzene rings is 4. The van der Waals surface area contributed by atoms with Crippen molar-refractivity contribution in [3.05, 3.63) is 130 Å². The van der Waals surface area contributed by atoms with Gasteiger partial charge in [-0.25, -0.2) is 4.98 Å². The van der Waals surface area contributed by atoms with Gasteiger partial charge in [-0.05, 0) is 104 Å². The SMILES string of the molecule is CCCCc1ccnc(-n2c3[c-]c(Oc4[c-]c(-n5nc(CCC)c(-c6c(C)cc(C)cc6C)c5CCC)cc(C(C)C)c4)ccc3c3ccccc32)c1.[Pt+2]. The molecule has 0 amide bonds.